The largest absolute Gasteiger partial charge is 0.463 e. The number of hydrogen-bond acceptors (Lipinski definition) is 3. The second-order valence-electron chi connectivity index (χ2n) is 5.66. The number of rotatable bonds is 4. The molecule has 0 saturated heterocycles. The average Bonchev–Trinajstić information content (AvgIpc) is 2.61. The van der Waals surface area contributed by atoms with Crippen molar-refractivity contribution < 1.29 is 9.21 Å². The molecule has 3 aromatic rings. The van der Waals surface area contributed by atoms with Gasteiger partial charge in [0.15, 0.2) is 5.43 Å². The van der Waals surface area contributed by atoms with Gasteiger partial charge in [-0.15, -0.1) is 0 Å². The number of nitrogens with one attached hydrogen (secondary N) is 1. The zero-order valence-corrected chi connectivity index (χ0v) is 14.3. The molecule has 126 valence electrons. The van der Waals surface area contributed by atoms with Crippen molar-refractivity contribution in [1.82, 2.24) is 5.32 Å². The zero-order valence-electron chi connectivity index (χ0n) is 13.6. The molecular formula is C20H16ClNO3. The van der Waals surface area contributed by atoms with E-state index in [0.29, 0.717) is 28.1 Å². The highest BCUT2D eigenvalue weighted by Crippen LogP contribution is 2.15. The van der Waals surface area contributed by atoms with Gasteiger partial charge < -0.3 is 9.73 Å². The van der Waals surface area contributed by atoms with Gasteiger partial charge in [-0.2, -0.15) is 0 Å². The molecule has 0 aliphatic rings. The molecule has 25 heavy (non-hydrogen) atoms. The van der Waals surface area contributed by atoms with Crippen molar-refractivity contribution in [2.24, 2.45) is 0 Å². The smallest absolute Gasteiger partial charge is 0.244 e. The first-order chi connectivity index (χ1) is 12.0. The minimum atomic E-state index is -0.316. The van der Waals surface area contributed by atoms with E-state index in [0.717, 1.165) is 11.1 Å². The normalized spacial score (nSPS) is 11.1. The van der Waals surface area contributed by atoms with Gasteiger partial charge in [-0.05, 0) is 36.8 Å². The van der Waals surface area contributed by atoms with Crippen LogP contribution in [-0.4, -0.2) is 5.91 Å². The standard InChI is InChI=1S/C20H16ClNO3/c1-13-6-8-18-16(10-13)20(24)15(12-25-18)7-9-19(23)22-11-14-4-2-3-5-17(14)21/h2-10,12H,11H2,1H3,(H,22,23)/b9-7+. The molecule has 0 spiro atoms. The third-order valence-corrected chi connectivity index (χ3v) is 4.15. The number of halogens is 1. The van der Waals surface area contributed by atoms with E-state index in [1.165, 1.54) is 18.4 Å². The van der Waals surface area contributed by atoms with Gasteiger partial charge in [0.25, 0.3) is 0 Å². The summed E-state index contributed by atoms with van der Waals surface area (Å²) in [7, 11) is 0. The number of hydrogen-bond donors (Lipinski definition) is 1. The third kappa shape index (κ3) is 3.98. The lowest BCUT2D eigenvalue weighted by atomic mass is 10.1. The molecule has 0 unspecified atom stereocenters. The molecule has 5 heteroatoms. The number of carbonyl (C=O) groups excluding carboxylic acids is 1. The Balaban J connectivity index is 1.74. The molecule has 1 aromatic heterocycles. The van der Waals surface area contributed by atoms with Crippen LogP contribution in [0.15, 0.2) is 64.0 Å². The molecule has 2 aromatic carbocycles. The molecule has 4 nitrogen and oxygen atoms in total. The Hall–Kier alpha value is -2.85. The summed E-state index contributed by atoms with van der Waals surface area (Å²) >= 11 is 6.05. The van der Waals surface area contributed by atoms with Gasteiger partial charge in [-0.1, -0.05) is 41.4 Å². The Kier molecular flexibility index (Phi) is 5.00. The third-order valence-electron chi connectivity index (χ3n) is 3.78. The molecule has 0 aliphatic heterocycles. The number of aryl methyl sites for hydroxylation is 1. The summed E-state index contributed by atoms with van der Waals surface area (Å²) in [5.74, 6) is -0.316. The summed E-state index contributed by atoms with van der Waals surface area (Å²) in [6.45, 7) is 2.22. The van der Waals surface area contributed by atoms with E-state index in [1.54, 1.807) is 18.2 Å². The van der Waals surface area contributed by atoms with Crippen molar-refractivity contribution >= 4 is 34.6 Å². The number of amides is 1. The lowest BCUT2D eigenvalue weighted by Crippen LogP contribution is -2.20. The number of carbonyl (C=O) groups is 1. The van der Waals surface area contributed by atoms with Crippen LogP contribution in [0.2, 0.25) is 5.02 Å². The van der Waals surface area contributed by atoms with Crippen molar-refractivity contribution in [1.29, 1.82) is 0 Å². The zero-order chi connectivity index (χ0) is 17.8. The molecule has 0 fully saturated rings. The fourth-order valence-electron chi connectivity index (χ4n) is 2.42. The second kappa shape index (κ2) is 7.36. The van der Waals surface area contributed by atoms with Crippen LogP contribution in [-0.2, 0) is 11.3 Å². The molecule has 0 aliphatic carbocycles. The molecule has 3 rings (SSSR count). The summed E-state index contributed by atoms with van der Waals surface area (Å²) in [5.41, 5.74) is 2.48. The van der Waals surface area contributed by atoms with E-state index in [9.17, 15) is 9.59 Å². The SMILES string of the molecule is Cc1ccc2occ(/C=C/C(=O)NCc3ccccc3Cl)c(=O)c2c1. The topological polar surface area (TPSA) is 59.3 Å². The molecule has 0 bridgehead atoms. The lowest BCUT2D eigenvalue weighted by molar-refractivity contribution is -0.116. The van der Waals surface area contributed by atoms with Crippen LogP contribution < -0.4 is 10.7 Å². The van der Waals surface area contributed by atoms with Crippen LogP contribution in [0.4, 0.5) is 0 Å². The van der Waals surface area contributed by atoms with E-state index < -0.39 is 0 Å². The Bertz CT molecular complexity index is 1020. The fraction of sp³-hybridized carbons (Fsp3) is 0.100. The van der Waals surface area contributed by atoms with Crippen molar-refractivity contribution in [3.05, 3.63) is 86.7 Å². The first-order valence-corrected chi connectivity index (χ1v) is 8.14. The molecule has 1 heterocycles. The summed E-state index contributed by atoms with van der Waals surface area (Å²) in [4.78, 5) is 24.4. The molecule has 1 amide bonds. The van der Waals surface area contributed by atoms with Crippen LogP contribution in [0.3, 0.4) is 0 Å². The number of benzene rings is 2. The van der Waals surface area contributed by atoms with Gasteiger partial charge in [-0.25, -0.2) is 0 Å². The molecule has 0 radical (unpaired) electrons. The van der Waals surface area contributed by atoms with Crippen LogP contribution >= 0.6 is 11.6 Å². The molecular weight excluding hydrogens is 338 g/mol. The quantitative estimate of drug-likeness (QED) is 0.719. The summed E-state index contributed by atoms with van der Waals surface area (Å²) in [6.07, 6.45) is 4.12. The first kappa shape index (κ1) is 17.0. The highest BCUT2D eigenvalue weighted by Gasteiger charge is 2.06. The summed E-state index contributed by atoms with van der Waals surface area (Å²) < 4.78 is 5.46. The molecule has 1 N–H and O–H groups in total. The minimum Gasteiger partial charge on any atom is -0.463 e. The van der Waals surface area contributed by atoms with E-state index >= 15 is 0 Å². The highest BCUT2D eigenvalue weighted by molar-refractivity contribution is 6.31. The predicted molar refractivity (Wildman–Crippen MR) is 99.6 cm³/mol. The number of fused-ring (bicyclic) bond motifs is 1. The van der Waals surface area contributed by atoms with Gasteiger partial charge in [-0.3, -0.25) is 9.59 Å². The summed E-state index contributed by atoms with van der Waals surface area (Å²) in [5, 5.41) is 3.83. The molecule has 0 atom stereocenters. The van der Waals surface area contributed by atoms with Crippen LogP contribution in [0.5, 0.6) is 0 Å². The maximum absolute atomic E-state index is 12.5. The Labute approximate surface area is 149 Å². The van der Waals surface area contributed by atoms with Gasteiger partial charge in [0.05, 0.1) is 10.9 Å². The van der Waals surface area contributed by atoms with Crippen molar-refractivity contribution in [3.63, 3.8) is 0 Å². The Morgan fingerprint density at radius 3 is 2.84 bits per heavy atom. The minimum absolute atomic E-state index is 0.167. The average molecular weight is 354 g/mol. The fourth-order valence-corrected chi connectivity index (χ4v) is 2.63. The highest BCUT2D eigenvalue weighted by atomic mass is 35.5. The van der Waals surface area contributed by atoms with Crippen LogP contribution in [0.25, 0.3) is 17.0 Å². The first-order valence-electron chi connectivity index (χ1n) is 7.76. The van der Waals surface area contributed by atoms with Crippen molar-refractivity contribution in [2.45, 2.75) is 13.5 Å². The van der Waals surface area contributed by atoms with Crippen LogP contribution in [0, 0.1) is 6.92 Å². The van der Waals surface area contributed by atoms with E-state index in [-0.39, 0.29) is 11.3 Å². The Morgan fingerprint density at radius 1 is 1.24 bits per heavy atom. The second-order valence-corrected chi connectivity index (χ2v) is 6.07. The Morgan fingerprint density at radius 2 is 2.04 bits per heavy atom. The van der Waals surface area contributed by atoms with Gasteiger partial charge >= 0.3 is 0 Å². The van der Waals surface area contributed by atoms with E-state index in [1.807, 2.05) is 31.2 Å². The maximum Gasteiger partial charge on any atom is 0.244 e. The van der Waals surface area contributed by atoms with Gasteiger partial charge in [0, 0.05) is 17.6 Å². The predicted octanol–water partition coefficient (Wildman–Crippen LogP) is 4.08. The van der Waals surface area contributed by atoms with Crippen LogP contribution in [0.1, 0.15) is 16.7 Å². The summed E-state index contributed by atoms with van der Waals surface area (Å²) in [6, 6.07) is 12.7. The van der Waals surface area contributed by atoms with Crippen molar-refractivity contribution in [2.75, 3.05) is 0 Å². The maximum atomic E-state index is 12.5. The van der Waals surface area contributed by atoms with E-state index in [4.69, 9.17) is 16.0 Å². The van der Waals surface area contributed by atoms with Gasteiger partial charge in [0.1, 0.15) is 11.8 Å². The van der Waals surface area contributed by atoms with E-state index in [2.05, 4.69) is 5.32 Å². The molecule has 0 saturated carbocycles. The lowest BCUT2D eigenvalue weighted by Gasteiger charge is -2.04. The monoisotopic (exact) mass is 353 g/mol. The van der Waals surface area contributed by atoms with Crippen molar-refractivity contribution in [3.8, 4) is 0 Å². The van der Waals surface area contributed by atoms with Gasteiger partial charge in [0.2, 0.25) is 5.91 Å².